The van der Waals surface area contributed by atoms with Crippen molar-refractivity contribution in [3.8, 4) is 0 Å². The normalized spacial score (nSPS) is 36.0. The number of aromatic nitrogens is 1. The number of nitrogens with zero attached hydrogens (tertiary/aromatic N) is 1. The number of Topliss-reactive ketones (excluding diaryl/α,β-unsaturated/α-hetero) is 2. The third kappa shape index (κ3) is 6.58. The first-order chi connectivity index (χ1) is 18.8. The zero-order valence-electron chi connectivity index (χ0n) is 24.4. The Labute approximate surface area is 247 Å². The Bertz CT molecular complexity index is 1230. The summed E-state index contributed by atoms with van der Waals surface area (Å²) in [5.41, 5.74) is 0.258. The lowest BCUT2D eigenvalue weighted by Crippen LogP contribution is -2.44. The van der Waals surface area contributed by atoms with Gasteiger partial charge in [-0.25, -0.2) is 0 Å². The molecule has 40 heavy (non-hydrogen) atoms. The Hall–Kier alpha value is -1.94. The standard InChI is InChI=1S/C31H44N2O5S2/c1-7-31-12-8-9-18(2)27(36)20(4)28(37)30(5,6)25(34)15-26(35)38-23(14-24(31)33(31)16-21-10-11-21)19(3)13-22-17-40-29(39)32-22/h7,13,17-18,20-21,23-25,34H,1,8-12,14-16H2,2-6H3,(H,32,39)/b19-13+/t18-,20+,23-,24-,25-,31+,33?/m0/s1. The van der Waals surface area contributed by atoms with Crippen molar-refractivity contribution in [1.29, 1.82) is 0 Å². The van der Waals surface area contributed by atoms with E-state index in [1.54, 1.807) is 20.8 Å². The number of cyclic esters (lactones) is 1. The van der Waals surface area contributed by atoms with Gasteiger partial charge >= 0.3 is 5.97 Å². The highest BCUT2D eigenvalue weighted by molar-refractivity contribution is 7.73. The average molecular weight is 589 g/mol. The van der Waals surface area contributed by atoms with Crippen molar-refractivity contribution in [3.63, 3.8) is 0 Å². The summed E-state index contributed by atoms with van der Waals surface area (Å²) in [6.45, 7) is 13.9. The second-order valence-corrected chi connectivity index (χ2v) is 14.3. The highest BCUT2D eigenvalue weighted by Gasteiger charge is 2.61. The van der Waals surface area contributed by atoms with Crippen molar-refractivity contribution >= 4 is 47.2 Å². The van der Waals surface area contributed by atoms with Gasteiger partial charge in [0.15, 0.2) is 9.74 Å². The van der Waals surface area contributed by atoms with Gasteiger partial charge in [-0.05, 0) is 69.3 Å². The molecule has 2 N–H and O–H groups in total. The number of aromatic amines is 1. The lowest BCUT2D eigenvalue weighted by molar-refractivity contribution is -0.154. The molecule has 220 valence electrons. The van der Waals surface area contributed by atoms with Crippen LogP contribution in [0, 0.1) is 27.1 Å². The second-order valence-electron chi connectivity index (χ2n) is 12.7. The highest BCUT2D eigenvalue weighted by atomic mass is 32.1. The number of hydrogen-bond donors (Lipinski definition) is 2. The Morgan fingerprint density at radius 1 is 1.27 bits per heavy atom. The molecule has 0 radical (unpaired) electrons. The lowest BCUT2D eigenvalue weighted by atomic mass is 9.73. The number of H-pyrrole nitrogens is 1. The minimum atomic E-state index is -1.27. The Kier molecular flexibility index (Phi) is 9.39. The molecule has 1 unspecified atom stereocenters. The first-order valence-corrected chi connectivity index (χ1v) is 15.8. The molecule has 3 heterocycles. The number of thiazole rings is 1. The van der Waals surface area contributed by atoms with Crippen LogP contribution in [0.1, 0.15) is 85.3 Å². The summed E-state index contributed by atoms with van der Waals surface area (Å²) in [7, 11) is 0. The van der Waals surface area contributed by atoms with E-state index in [1.165, 1.54) is 24.2 Å². The van der Waals surface area contributed by atoms with Crippen LogP contribution < -0.4 is 0 Å². The summed E-state index contributed by atoms with van der Waals surface area (Å²) in [5, 5.41) is 13.0. The van der Waals surface area contributed by atoms with Crippen molar-refractivity contribution < 1.29 is 24.2 Å². The molecule has 0 amide bonds. The number of rotatable bonds is 5. The topological polar surface area (TPSA) is 99.5 Å². The van der Waals surface area contributed by atoms with Crippen LogP contribution in [0.2, 0.25) is 0 Å². The van der Waals surface area contributed by atoms with Crippen LogP contribution in [-0.2, 0) is 19.1 Å². The van der Waals surface area contributed by atoms with E-state index in [0.717, 1.165) is 30.7 Å². The van der Waals surface area contributed by atoms with Gasteiger partial charge in [-0.15, -0.1) is 17.9 Å². The Morgan fingerprint density at radius 3 is 2.58 bits per heavy atom. The minimum absolute atomic E-state index is 0.108. The molecule has 2 saturated heterocycles. The molecule has 3 aliphatic rings. The summed E-state index contributed by atoms with van der Waals surface area (Å²) in [6.07, 6.45) is 7.33. The maximum absolute atomic E-state index is 13.3. The van der Waals surface area contributed by atoms with Crippen LogP contribution in [0.3, 0.4) is 0 Å². The van der Waals surface area contributed by atoms with Crippen LogP contribution in [0.25, 0.3) is 6.08 Å². The SMILES string of the molecule is C=C[C@@]12CCC[C@H](C)C(=O)[C@@H](C)C(=O)C(C)(C)[C@@H](O)CC(=O)O[C@H](/C(C)=C/c3csc(=S)[nH]3)C[C@@H]1N2CC1CC1. The van der Waals surface area contributed by atoms with Gasteiger partial charge in [-0.1, -0.05) is 33.3 Å². The number of ketones is 2. The molecule has 9 heteroatoms. The molecule has 0 spiro atoms. The summed E-state index contributed by atoms with van der Waals surface area (Å²) < 4.78 is 6.74. The van der Waals surface area contributed by atoms with Crippen LogP contribution in [-0.4, -0.2) is 62.9 Å². The second kappa shape index (κ2) is 12.1. The first-order valence-electron chi connectivity index (χ1n) is 14.5. The number of nitrogens with one attached hydrogen (secondary N) is 1. The highest BCUT2D eigenvalue weighted by Crippen LogP contribution is 2.52. The number of ether oxygens (including phenoxy) is 1. The lowest BCUT2D eigenvalue weighted by Gasteiger charge is -2.32. The van der Waals surface area contributed by atoms with Gasteiger partial charge in [-0.3, -0.25) is 19.3 Å². The minimum Gasteiger partial charge on any atom is -0.458 e. The molecule has 7 atom stereocenters. The number of esters is 1. The van der Waals surface area contributed by atoms with Crippen molar-refractivity contribution in [2.75, 3.05) is 6.54 Å². The summed E-state index contributed by atoms with van der Waals surface area (Å²) >= 11 is 6.69. The number of hydrogen-bond acceptors (Lipinski definition) is 8. The number of carbonyl (C=O) groups excluding carboxylic acids is 3. The number of aliphatic hydroxyl groups is 1. The van der Waals surface area contributed by atoms with E-state index in [-0.39, 0.29) is 35.5 Å². The molecular formula is C31H44N2O5S2. The maximum Gasteiger partial charge on any atom is 0.309 e. The fourth-order valence-electron chi connectivity index (χ4n) is 6.31. The largest absolute Gasteiger partial charge is 0.458 e. The number of fused-ring (bicyclic) bond motifs is 1. The molecule has 7 nitrogen and oxygen atoms in total. The molecule has 1 aliphatic carbocycles. The third-order valence-electron chi connectivity index (χ3n) is 9.42. The molecule has 1 saturated carbocycles. The van der Waals surface area contributed by atoms with Crippen LogP contribution in [0.4, 0.5) is 0 Å². The fraction of sp³-hybridized carbons (Fsp3) is 0.677. The van der Waals surface area contributed by atoms with Gasteiger partial charge in [-0.2, -0.15) is 0 Å². The summed E-state index contributed by atoms with van der Waals surface area (Å²) in [6, 6.07) is 0.161. The number of aliphatic hydroxyl groups excluding tert-OH is 1. The van der Waals surface area contributed by atoms with Crippen LogP contribution >= 0.6 is 23.6 Å². The Balaban J connectivity index is 1.66. The fourth-order valence-corrected chi connectivity index (χ4v) is 7.11. The van der Waals surface area contributed by atoms with Gasteiger partial charge in [0.05, 0.1) is 29.4 Å². The molecule has 3 fully saturated rings. The zero-order chi connectivity index (χ0) is 29.4. The van der Waals surface area contributed by atoms with E-state index >= 15 is 0 Å². The predicted octanol–water partition coefficient (Wildman–Crippen LogP) is 5.90. The van der Waals surface area contributed by atoms with Crippen molar-refractivity contribution in [2.45, 2.75) is 103 Å². The molecule has 1 aromatic heterocycles. The van der Waals surface area contributed by atoms with E-state index in [1.807, 2.05) is 31.4 Å². The average Bonchev–Trinajstić information content (AvgIpc) is 3.79. The van der Waals surface area contributed by atoms with Crippen LogP contribution in [0.5, 0.6) is 0 Å². The van der Waals surface area contributed by atoms with Gasteiger partial charge in [0.1, 0.15) is 11.9 Å². The molecule has 0 aromatic carbocycles. The smallest absolute Gasteiger partial charge is 0.309 e. The van der Waals surface area contributed by atoms with E-state index in [9.17, 15) is 19.5 Å². The van der Waals surface area contributed by atoms with Crippen molar-refractivity contribution in [3.05, 3.63) is 33.3 Å². The van der Waals surface area contributed by atoms with Crippen LogP contribution in [0.15, 0.2) is 23.6 Å². The number of carbonyl (C=O) groups is 3. The molecule has 1 aromatic rings. The van der Waals surface area contributed by atoms with Gasteiger partial charge < -0.3 is 14.8 Å². The third-order valence-corrected chi connectivity index (χ3v) is 10.5. The zero-order valence-corrected chi connectivity index (χ0v) is 26.0. The van der Waals surface area contributed by atoms with Crippen molar-refractivity contribution in [2.24, 2.45) is 23.2 Å². The van der Waals surface area contributed by atoms with Gasteiger partial charge in [0, 0.05) is 36.0 Å². The van der Waals surface area contributed by atoms with Crippen molar-refractivity contribution in [1.82, 2.24) is 9.88 Å². The molecule has 2 aliphatic heterocycles. The summed E-state index contributed by atoms with van der Waals surface area (Å²) in [5.74, 6) is -1.46. The monoisotopic (exact) mass is 588 g/mol. The quantitative estimate of drug-likeness (QED) is 0.145. The van der Waals surface area contributed by atoms with Gasteiger partial charge in [0.2, 0.25) is 0 Å². The van der Waals surface area contributed by atoms with E-state index in [4.69, 9.17) is 17.0 Å². The van der Waals surface area contributed by atoms with E-state index in [2.05, 4.69) is 16.5 Å². The molecular weight excluding hydrogens is 544 g/mol. The van der Waals surface area contributed by atoms with Gasteiger partial charge in [0.25, 0.3) is 0 Å². The van der Waals surface area contributed by atoms with E-state index in [0.29, 0.717) is 22.7 Å². The molecule has 0 bridgehead atoms. The predicted molar refractivity (Wildman–Crippen MR) is 160 cm³/mol. The Morgan fingerprint density at radius 2 is 1.98 bits per heavy atom. The first kappa shape index (κ1) is 31.0. The maximum atomic E-state index is 13.3. The summed E-state index contributed by atoms with van der Waals surface area (Å²) in [4.78, 5) is 45.4. The molecule has 4 rings (SSSR count). The van der Waals surface area contributed by atoms with E-state index < -0.39 is 29.5 Å².